The van der Waals surface area contributed by atoms with Gasteiger partial charge >= 0.3 is 0 Å². The van der Waals surface area contributed by atoms with Crippen molar-refractivity contribution in [3.63, 3.8) is 0 Å². The van der Waals surface area contributed by atoms with Gasteiger partial charge in [-0.25, -0.2) is 4.98 Å². The highest BCUT2D eigenvalue weighted by Crippen LogP contribution is 2.23. The molecule has 0 fully saturated rings. The first-order chi connectivity index (χ1) is 8.49. The van der Waals surface area contributed by atoms with Gasteiger partial charge in [0.05, 0.1) is 5.56 Å². The van der Waals surface area contributed by atoms with Crippen molar-refractivity contribution in [2.45, 2.75) is 6.92 Å². The molecule has 0 bridgehead atoms. The molecule has 0 aliphatic carbocycles. The molecule has 1 aromatic heterocycles. The van der Waals surface area contributed by atoms with E-state index in [0.29, 0.717) is 16.8 Å². The van der Waals surface area contributed by atoms with E-state index in [1.54, 1.807) is 30.5 Å². The summed E-state index contributed by atoms with van der Waals surface area (Å²) in [5.41, 5.74) is 13.6. The van der Waals surface area contributed by atoms with Crippen molar-refractivity contribution in [3.05, 3.63) is 51.6 Å². The smallest absolute Gasteiger partial charge is 0.198 e. The van der Waals surface area contributed by atoms with Crippen LogP contribution >= 0.6 is 15.9 Å². The molecule has 5 heteroatoms. The number of nitrogens with zero attached hydrogens (tertiary/aromatic N) is 1. The molecule has 0 unspecified atom stereocenters. The van der Waals surface area contributed by atoms with Crippen LogP contribution < -0.4 is 11.5 Å². The first kappa shape index (κ1) is 12.6. The largest absolute Gasteiger partial charge is 0.398 e. The zero-order chi connectivity index (χ0) is 13.3. The number of rotatable bonds is 2. The third-order valence-corrected chi connectivity index (χ3v) is 3.05. The van der Waals surface area contributed by atoms with Crippen molar-refractivity contribution in [2.75, 3.05) is 11.5 Å². The van der Waals surface area contributed by atoms with Crippen LogP contribution in [0.5, 0.6) is 0 Å². The molecule has 2 aromatic rings. The van der Waals surface area contributed by atoms with Gasteiger partial charge in [0, 0.05) is 21.9 Å². The molecule has 4 nitrogen and oxygen atoms in total. The summed E-state index contributed by atoms with van der Waals surface area (Å²) in [6, 6.07) is 6.85. The van der Waals surface area contributed by atoms with E-state index in [4.69, 9.17) is 11.5 Å². The number of carbonyl (C=O) groups excluding carboxylic acids is 1. The Morgan fingerprint density at radius 3 is 2.67 bits per heavy atom. The van der Waals surface area contributed by atoms with E-state index >= 15 is 0 Å². The number of anilines is 2. The average Bonchev–Trinajstić information content (AvgIpc) is 2.34. The normalized spacial score (nSPS) is 10.3. The molecule has 0 saturated carbocycles. The second kappa shape index (κ2) is 4.78. The Hall–Kier alpha value is -1.88. The standard InChI is InChI=1S/C13H12BrN3O/c1-7-4-10(13(16)17-6-7)12(18)9-5-8(14)2-3-11(9)15/h2-6H,15H2,1H3,(H2,16,17). The molecule has 4 N–H and O–H groups in total. The fourth-order valence-electron chi connectivity index (χ4n) is 1.63. The minimum Gasteiger partial charge on any atom is -0.398 e. The fraction of sp³-hybridized carbons (Fsp3) is 0.0769. The molecule has 18 heavy (non-hydrogen) atoms. The number of aryl methyl sites for hydroxylation is 1. The predicted molar refractivity (Wildman–Crippen MR) is 75.4 cm³/mol. The van der Waals surface area contributed by atoms with E-state index in [-0.39, 0.29) is 11.6 Å². The lowest BCUT2D eigenvalue weighted by Gasteiger charge is -2.08. The summed E-state index contributed by atoms with van der Waals surface area (Å²) < 4.78 is 0.791. The van der Waals surface area contributed by atoms with Crippen LogP contribution in [0.3, 0.4) is 0 Å². The Morgan fingerprint density at radius 2 is 1.94 bits per heavy atom. The van der Waals surface area contributed by atoms with E-state index in [0.717, 1.165) is 10.0 Å². The van der Waals surface area contributed by atoms with Gasteiger partial charge in [0.15, 0.2) is 5.78 Å². The SMILES string of the molecule is Cc1cnc(N)c(C(=O)c2cc(Br)ccc2N)c1. The van der Waals surface area contributed by atoms with Crippen LogP contribution in [-0.4, -0.2) is 10.8 Å². The van der Waals surface area contributed by atoms with E-state index < -0.39 is 0 Å². The first-order valence-corrected chi connectivity index (χ1v) is 6.10. The Morgan fingerprint density at radius 1 is 1.22 bits per heavy atom. The highest BCUT2D eigenvalue weighted by Gasteiger charge is 2.16. The third-order valence-electron chi connectivity index (χ3n) is 2.56. The molecule has 0 aliphatic rings. The Balaban J connectivity index is 2.54. The van der Waals surface area contributed by atoms with Crippen molar-refractivity contribution in [2.24, 2.45) is 0 Å². The lowest BCUT2D eigenvalue weighted by atomic mass is 10.0. The van der Waals surface area contributed by atoms with Crippen molar-refractivity contribution >= 4 is 33.2 Å². The topological polar surface area (TPSA) is 82.0 Å². The van der Waals surface area contributed by atoms with Crippen molar-refractivity contribution in [1.82, 2.24) is 4.98 Å². The van der Waals surface area contributed by atoms with Gasteiger partial charge in [0.25, 0.3) is 0 Å². The van der Waals surface area contributed by atoms with Gasteiger partial charge in [-0.3, -0.25) is 4.79 Å². The van der Waals surface area contributed by atoms with Gasteiger partial charge in [-0.2, -0.15) is 0 Å². The zero-order valence-corrected chi connectivity index (χ0v) is 11.4. The highest BCUT2D eigenvalue weighted by molar-refractivity contribution is 9.10. The first-order valence-electron chi connectivity index (χ1n) is 5.31. The number of aromatic nitrogens is 1. The highest BCUT2D eigenvalue weighted by atomic mass is 79.9. The molecule has 0 spiro atoms. The number of carbonyl (C=O) groups is 1. The molecule has 0 aliphatic heterocycles. The van der Waals surface area contributed by atoms with Crippen molar-refractivity contribution in [1.29, 1.82) is 0 Å². The van der Waals surface area contributed by atoms with E-state index in [9.17, 15) is 4.79 Å². The number of halogens is 1. The summed E-state index contributed by atoms with van der Waals surface area (Å²) in [6.45, 7) is 1.85. The van der Waals surface area contributed by atoms with Gasteiger partial charge in [0.2, 0.25) is 0 Å². The zero-order valence-electron chi connectivity index (χ0n) is 9.77. The molecule has 0 atom stereocenters. The fourth-order valence-corrected chi connectivity index (χ4v) is 1.99. The summed E-state index contributed by atoms with van der Waals surface area (Å²) in [6.07, 6.45) is 1.62. The number of benzene rings is 1. The van der Waals surface area contributed by atoms with Gasteiger partial charge in [-0.1, -0.05) is 15.9 Å². The van der Waals surface area contributed by atoms with Crippen molar-refractivity contribution < 1.29 is 4.79 Å². The molecule has 0 radical (unpaired) electrons. The molecular formula is C13H12BrN3O. The van der Waals surface area contributed by atoms with Gasteiger partial charge in [-0.15, -0.1) is 0 Å². The number of nitrogens with two attached hydrogens (primary N) is 2. The van der Waals surface area contributed by atoms with Crippen LogP contribution in [0, 0.1) is 6.92 Å². The molecular weight excluding hydrogens is 294 g/mol. The number of ketones is 1. The van der Waals surface area contributed by atoms with Crippen molar-refractivity contribution in [3.8, 4) is 0 Å². The van der Waals surface area contributed by atoms with E-state index in [1.165, 1.54) is 0 Å². The Labute approximate surface area is 113 Å². The predicted octanol–water partition coefficient (Wildman–Crippen LogP) is 2.55. The summed E-state index contributed by atoms with van der Waals surface area (Å²) in [5.74, 6) is -0.00697. The number of hydrogen-bond donors (Lipinski definition) is 2. The number of nitrogen functional groups attached to an aromatic ring is 2. The molecule has 1 heterocycles. The Kier molecular flexibility index (Phi) is 3.34. The summed E-state index contributed by atoms with van der Waals surface area (Å²) in [7, 11) is 0. The summed E-state index contributed by atoms with van der Waals surface area (Å²) in [4.78, 5) is 16.4. The van der Waals surface area contributed by atoms with Crippen LogP contribution in [0.1, 0.15) is 21.5 Å². The maximum absolute atomic E-state index is 12.4. The number of hydrogen-bond acceptors (Lipinski definition) is 4. The average molecular weight is 306 g/mol. The minimum atomic E-state index is -0.220. The quantitative estimate of drug-likeness (QED) is 0.660. The van der Waals surface area contributed by atoms with Gasteiger partial charge in [-0.05, 0) is 36.8 Å². The van der Waals surface area contributed by atoms with Crippen LogP contribution in [0.25, 0.3) is 0 Å². The molecule has 1 aromatic carbocycles. The maximum atomic E-state index is 12.4. The van der Waals surface area contributed by atoms with Crippen LogP contribution in [-0.2, 0) is 0 Å². The van der Waals surface area contributed by atoms with Crippen LogP contribution in [0.2, 0.25) is 0 Å². The van der Waals surface area contributed by atoms with Gasteiger partial charge < -0.3 is 11.5 Å². The summed E-state index contributed by atoms with van der Waals surface area (Å²) in [5, 5.41) is 0. The van der Waals surface area contributed by atoms with Gasteiger partial charge in [0.1, 0.15) is 5.82 Å². The summed E-state index contributed by atoms with van der Waals surface area (Å²) >= 11 is 3.32. The maximum Gasteiger partial charge on any atom is 0.198 e. The lowest BCUT2D eigenvalue weighted by Crippen LogP contribution is -2.09. The monoisotopic (exact) mass is 305 g/mol. The van der Waals surface area contributed by atoms with E-state index in [2.05, 4.69) is 20.9 Å². The molecule has 0 saturated heterocycles. The van der Waals surface area contributed by atoms with Crippen LogP contribution in [0.4, 0.5) is 11.5 Å². The van der Waals surface area contributed by atoms with Crippen LogP contribution in [0.15, 0.2) is 34.9 Å². The Bertz CT molecular complexity index is 572. The molecule has 2 rings (SSSR count). The second-order valence-electron chi connectivity index (χ2n) is 4.01. The number of pyridine rings is 1. The lowest BCUT2D eigenvalue weighted by molar-refractivity contribution is 0.104. The molecule has 92 valence electrons. The van der Waals surface area contributed by atoms with E-state index in [1.807, 2.05) is 6.92 Å². The minimum absolute atomic E-state index is 0.213. The third kappa shape index (κ3) is 2.36. The second-order valence-corrected chi connectivity index (χ2v) is 4.92. The molecule has 0 amide bonds.